The monoisotopic (exact) mass is 599 g/mol. The van der Waals surface area contributed by atoms with Crippen LogP contribution in [0.15, 0.2) is 30.9 Å². The molecule has 0 radical (unpaired) electrons. The first-order valence-electron chi connectivity index (χ1n) is 13.2. The van der Waals surface area contributed by atoms with Crippen LogP contribution in [0.1, 0.15) is 12.8 Å². The molecule has 1 atom stereocenters. The number of rotatable bonds is 7. The van der Waals surface area contributed by atoms with Gasteiger partial charge in [-0.25, -0.2) is 13.8 Å². The number of anilines is 2. The van der Waals surface area contributed by atoms with Crippen molar-refractivity contribution in [3.05, 3.63) is 47.5 Å². The molecule has 0 aliphatic carbocycles. The summed E-state index contributed by atoms with van der Waals surface area (Å²) >= 11 is 7.70. The van der Waals surface area contributed by atoms with Gasteiger partial charge in [0.25, 0.3) is 0 Å². The lowest BCUT2D eigenvalue weighted by Gasteiger charge is -2.44. The fourth-order valence-electron chi connectivity index (χ4n) is 5.48. The number of nitrogens with two attached hydrogens (primary N) is 1. The molecular weight excluding hydrogens is 572 g/mol. The predicted octanol–water partition coefficient (Wildman–Crippen LogP) is 4.73. The van der Waals surface area contributed by atoms with E-state index >= 15 is 4.39 Å². The average Bonchev–Trinajstić information content (AvgIpc) is 3.52. The third-order valence-electron chi connectivity index (χ3n) is 7.93. The largest absolute Gasteiger partial charge is 0.462 e. The van der Waals surface area contributed by atoms with Crippen LogP contribution in [0.3, 0.4) is 0 Å². The predicted molar refractivity (Wildman–Crippen MR) is 158 cm³/mol. The van der Waals surface area contributed by atoms with Crippen LogP contribution in [0, 0.1) is 11.6 Å². The zero-order valence-corrected chi connectivity index (χ0v) is 24.1. The highest BCUT2D eigenvalue weighted by Gasteiger charge is 2.34. The SMILES string of the molecule is C=CC(=O)N1CC(N(C)c2nc(OC[C@@H]3CCCN3C)nc3c(F)c(-c4ccc(F)c5sc(N)nc45)c(Cl)cc23)C1. The normalized spacial score (nSPS) is 17.8. The molecule has 2 aromatic carbocycles. The van der Waals surface area contributed by atoms with E-state index in [0.717, 1.165) is 30.7 Å². The van der Waals surface area contributed by atoms with Crippen molar-refractivity contribution in [2.24, 2.45) is 0 Å². The van der Waals surface area contributed by atoms with Gasteiger partial charge in [-0.2, -0.15) is 9.97 Å². The molecule has 2 N–H and O–H groups in total. The maximum Gasteiger partial charge on any atom is 0.319 e. The highest BCUT2D eigenvalue weighted by molar-refractivity contribution is 7.22. The summed E-state index contributed by atoms with van der Waals surface area (Å²) in [6.45, 7) is 5.80. The Bertz CT molecular complexity index is 1690. The summed E-state index contributed by atoms with van der Waals surface area (Å²) in [5.41, 5.74) is 6.44. The first kappa shape index (κ1) is 27.6. The van der Waals surface area contributed by atoms with Crippen LogP contribution in [0.2, 0.25) is 5.02 Å². The van der Waals surface area contributed by atoms with Crippen LogP contribution in [0.4, 0.5) is 19.7 Å². The van der Waals surface area contributed by atoms with E-state index in [-0.39, 0.29) is 55.5 Å². The third-order valence-corrected chi connectivity index (χ3v) is 9.12. The van der Waals surface area contributed by atoms with Gasteiger partial charge < -0.3 is 25.2 Å². The smallest absolute Gasteiger partial charge is 0.319 e. The minimum absolute atomic E-state index is 0.00931. The summed E-state index contributed by atoms with van der Waals surface area (Å²) < 4.78 is 37.3. The number of halogens is 3. The number of hydrogen-bond donors (Lipinski definition) is 1. The second-order valence-electron chi connectivity index (χ2n) is 10.4. The zero-order valence-electron chi connectivity index (χ0n) is 22.5. The second-order valence-corrected chi connectivity index (χ2v) is 11.8. The number of fused-ring (bicyclic) bond motifs is 2. The summed E-state index contributed by atoms with van der Waals surface area (Å²) in [7, 11) is 3.87. The van der Waals surface area contributed by atoms with Crippen molar-refractivity contribution in [2.75, 3.05) is 51.0 Å². The van der Waals surface area contributed by atoms with Gasteiger partial charge in [-0.3, -0.25) is 4.79 Å². The van der Waals surface area contributed by atoms with Crippen molar-refractivity contribution in [1.29, 1.82) is 0 Å². The summed E-state index contributed by atoms with van der Waals surface area (Å²) in [4.78, 5) is 31.2. The van der Waals surface area contributed by atoms with E-state index in [4.69, 9.17) is 22.1 Å². The Morgan fingerprint density at radius 3 is 2.78 bits per heavy atom. The Morgan fingerprint density at radius 2 is 2.07 bits per heavy atom. The van der Waals surface area contributed by atoms with Crippen LogP contribution in [-0.4, -0.2) is 83.1 Å². The lowest BCUT2D eigenvalue weighted by atomic mass is 10.0. The number of nitrogen functional groups attached to an aromatic ring is 1. The minimum atomic E-state index is -0.705. The van der Waals surface area contributed by atoms with E-state index in [2.05, 4.69) is 26.4 Å². The number of benzene rings is 2. The van der Waals surface area contributed by atoms with Crippen LogP contribution >= 0.6 is 22.9 Å². The topological polar surface area (TPSA) is 101 Å². The van der Waals surface area contributed by atoms with Crippen molar-refractivity contribution in [3.8, 4) is 17.1 Å². The number of carbonyl (C=O) groups excluding carboxylic acids is 1. The number of likely N-dealkylation sites (N-methyl/N-ethyl adjacent to an activating group) is 2. The molecule has 0 saturated carbocycles. The molecule has 0 unspecified atom stereocenters. The number of aromatic nitrogens is 3. The van der Waals surface area contributed by atoms with E-state index in [1.54, 1.807) is 11.0 Å². The molecule has 4 aromatic rings. The Hall–Kier alpha value is -3.61. The number of amides is 1. The Balaban J connectivity index is 1.46. The van der Waals surface area contributed by atoms with Gasteiger partial charge in [0.05, 0.1) is 21.3 Å². The third kappa shape index (κ3) is 4.83. The molecule has 2 aromatic heterocycles. The first-order chi connectivity index (χ1) is 19.7. The maximum atomic E-state index is 16.5. The number of hydrogen-bond acceptors (Lipinski definition) is 9. The summed E-state index contributed by atoms with van der Waals surface area (Å²) in [6, 6.07) is 4.46. The fraction of sp³-hybridized carbons (Fsp3) is 0.357. The minimum Gasteiger partial charge on any atom is -0.462 e. The Morgan fingerprint density at radius 1 is 1.29 bits per heavy atom. The van der Waals surface area contributed by atoms with Crippen molar-refractivity contribution < 1.29 is 18.3 Å². The molecule has 2 saturated heterocycles. The van der Waals surface area contributed by atoms with E-state index in [0.29, 0.717) is 36.5 Å². The van der Waals surface area contributed by atoms with Crippen molar-refractivity contribution >= 4 is 60.9 Å². The van der Waals surface area contributed by atoms with E-state index in [1.165, 1.54) is 18.2 Å². The van der Waals surface area contributed by atoms with Gasteiger partial charge in [-0.15, -0.1) is 0 Å². The summed E-state index contributed by atoms with van der Waals surface area (Å²) in [6.07, 6.45) is 3.33. The molecule has 0 spiro atoms. The molecular formula is C28H28ClF2N7O2S. The molecule has 2 aliphatic rings. The Labute approximate surface area is 244 Å². The number of thiazole rings is 1. The molecule has 2 fully saturated rings. The van der Waals surface area contributed by atoms with Crippen LogP contribution < -0.4 is 15.4 Å². The number of ether oxygens (including phenoxy) is 1. The highest BCUT2D eigenvalue weighted by Crippen LogP contribution is 2.43. The number of carbonyl (C=O) groups is 1. The maximum absolute atomic E-state index is 16.5. The van der Waals surface area contributed by atoms with Crippen LogP contribution in [0.25, 0.3) is 32.2 Å². The quantitative estimate of drug-likeness (QED) is 0.305. The molecule has 2 aliphatic heterocycles. The summed E-state index contributed by atoms with van der Waals surface area (Å²) in [5, 5.41) is 0.631. The van der Waals surface area contributed by atoms with Crippen molar-refractivity contribution in [3.63, 3.8) is 0 Å². The average molecular weight is 600 g/mol. The molecule has 6 rings (SSSR count). The first-order valence-corrected chi connectivity index (χ1v) is 14.4. The van der Waals surface area contributed by atoms with Crippen LogP contribution in [-0.2, 0) is 4.79 Å². The lowest BCUT2D eigenvalue weighted by molar-refractivity contribution is -0.130. The van der Waals surface area contributed by atoms with Crippen molar-refractivity contribution in [2.45, 2.75) is 24.9 Å². The molecule has 0 bridgehead atoms. The molecule has 1 amide bonds. The lowest BCUT2D eigenvalue weighted by Crippen LogP contribution is -2.60. The van der Waals surface area contributed by atoms with Gasteiger partial charge in [0.15, 0.2) is 10.9 Å². The van der Waals surface area contributed by atoms with Gasteiger partial charge in [-0.05, 0) is 50.7 Å². The van der Waals surface area contributed by atoms with E-state index in [9.17, 15) is 9.18 Å². The highest BCUT2D eigenvalue weighted by atomic mass is 35.5. The summed E-state index contributed by atoms with van der Waals surface area (Å²) in [5.74, 6) is -0.934. The molecule has 4 heterocycles. The van der Waals surface area contributed by atoms with Gasteiger partial charge in [0.2, 0.25) is 5.91 Å². The van der Waals surface area contributed by atoms with Crippen molar-refractivity contribution in [1.82, 2.24) is 24.8 Å². The van der Waals surface area contributed by atoms with Gasteiger partial charge in [-0.1, -0.05) is 29.5 Å². The van der Waals surface area contributed by atoms with Gasteiger partial charge in [0, 0.05) is 42.7 Å². The van der Waals surface area contributed by atoms with Crippen LogP contribution in [0.5, 0.6) is 6.01 Å². The van der Waals surface area contributed by atoms with Gasteiger partial charge >= 0.3 is 6.01 Å². The molecule has 41 heavy (non-hydrogen) atoms. The molecule has 9 nitrogen and oxygen atoms in total. The Kier molecular flexibility index (Phi) is 7.16. The van der Waals surface area contributed by atoms with Gasteiger partial charge in [0.1, 0.15) is 23.8 Å². The number of likely N-dealkylation sites (tertiary alicyclic amines) is 2. The van der Waals surface area contributed by atoms with E-state index < -0.39 is 11.6 Å². The van der Waals surface area contributed by atoms with E-state index in [1.807, 2.05) is 19.0 Å². The molecule has 13 heteroatoms. The molecule has 214 valence electrons. The second kappa shape index (κ2) is 10.7. The fourth-order valence-corrected chi connectivity index (χ4v) is 6.53. The standard InChI is InChI=1S/C28H28ClF2N7O2S/c1-4-20(39)38-11-15(12-38)37(3)26-17-10-18(29)21(16-7-8-19(30)25-24(16)33-27(32)41-25)22(31)23(17)34-28(35-26)40-13-14-6-5-9-36(14)2/h4,7-8,10,14-15H,1,5-6,9,11-13H2,2-3H3,(H2,32,33)/t14-/m0/s1. The number of nitrogens with zero attached hydrogens (tertiary/aromatic N) is 6. The zero-order chi connectivity index (χ0) is 29.0.